The molecule has 15 heavy (non-hydrogen) atoms. The highest BCUT2D eigenvalue weighted by Gasteiger charge is 2.14. The summed E-state index contributed by atoms with van der Waals surface area (Å²) in [4.78, 5) is 0. The second-order valence-electron chi connectivity index (χ2n) is 3.09. The fraction of sp³-hybridized carbons (Fsp3) is 0.400. The second-order valence-corrected chi connectivity index (χ2v) is 3.90. The first-order valence-corrected chi connectivity index (χ1v) is 5.29. The van der Waals surface area contributed by atoms with Crippen LogP contribution in [0.25, 0.3) is 0 Å². The van der Waals surface area contributed by atoms with Gasteiger partial charge >= 0.3 is 0 Å². The van der Waals surface area contributed by atoms with Crippen LogP contribution in [-0.4, -0.2) is 20.7 Å². The van der Waals surface area contributed by atoms with Crippen molar-refractivity contribution in [2.75, 3.05) is 20.7 Å². The van der Waals surface area contributed by atoms with Crippen molar-refractivity contribution in [3.05, 3.63) is 27.7 Å². The molecule has 1 rings (SSSR count). The Kier molecular flexibility index (Phi) is 4.67. The van der Waals surface area contributed by atoms with Crippen LogP contribution in [0, 0.1) is 0 Å². The highest BCUT2D eigenvalue weighted by atomic mass is 35.5. The molecule has 0 radical (unpaired) electrons. The molecule has 0 aliphatic rings. The predicted octanol–water partition coefficient (Wildman–Crippen LogP) is 2.22. The van der Waals surface area contributed by atoms with Gasteiger partial charge in [0.25, 0.3) is 0 Å². The Morgan fingerprint density at radius 2 is 2.07 bits per heavy atom. The third kappa shape index (κ3) is 2.75. The van der Waals surface area contributed by atoms with Gasteiger partial charge in [-0.3, -0.25) is 0 Å². The van der Waals surface area contributed by atoms with Gasteiger partial charge in [0.15, 0.2) is 0 Å². The standard InChI is InChI=1S/C10H14Cl2N2O/c1-14-9(5-13)6-3-8(12)10(15-2)4-7(6)11/h3-4,9,14H,5,13H2,1-2H3. The summed E-state index contributed by atoms with van der Waals surface area (Å²) in [5, 5.41) is 4.20. The summed E-state index contributed by atoms with van der Waals surface area (Å²) < 4.78 is 5.06. The largest absolute Gasteiger partial charge is 0.495 e. The van der Waals surface area contributed by atoms with E-state index in [1.807, 2.05) is 7.05 Å². The minimum atomic E-state index is 0.000839. The molecular formula is C10H14Cl2N2O. The van der Waals surface area contributed by atoms with Crippen LogP contribution in [0.5, 0.6) is 5.75 Å². The SMILES string of the molecule is CNC(CN)c1cc(Cl)c(OC)cc1Cl. The van der Waals surface area contributed by atoms with Crippen molar-refractivity contribution in [2.45, 2.75) is 6.04 Å². The Morgan fingerprint density at radius 3 is 2.53 bits per heavy atom. The maximum absolute atomic E-state index is 6.10. The zero-order chi connectivity index (χ0) is 11.4. The molecule has 1 aromatic rings. The van der Waals surface area contributed by atoms with Crippen molar-refractivity contribution in [3.8, 4) is 5.75 Å². The summed E-state index contributed by atoms with van der Waals surface area (Å²) in [7, 11) is 3.38. The highest BCUT2D eigenvalue weighted by molar-refractivity contribution is 6.34. The van der Waals surface area contributed by atoms with Crippen molar-refractivity contribution >= 4 is 23.2 Å². The molecule has 84 valence electrons. The van der Waals surface area contributed by atoms with E-state index in [2.05, 4.69) is 5.32 Å². The van der Waals surface area contributed by atoms with Gasteiger partial charge in [-0.25, -0.2) is 0 Å². The lowest BCUT2D eigenvalue weighted by Gasteiger charge is -2.17. The van der Waals surface area contributed by atoms with E-state index in [0.29, 0.717) is 22.3 Å². The molecule has 0 spiro atoms. The van der Waals surface area contributed by atoms with E-state index in [1.54, 1.807) is 19.2 Å². The number of rotatable bonds is 4. The summed E-state index contributed by atoms with van der Waals surface area (Å²) in [5.41, 5.74) is 6.49. The Labute approximate surface area is 99.5 Å². The number of nitrogens with two attached hydrogens (primary N) is 1. The van der Waals surface area contributed by atoms with Crippen LogP contribution in [0.1, 0.15) is 11.6 Å². The normalized spacial score (nSPS) is 12.6. The number of hydrogen-bond donors (Lipinski definition) is 2. The van der Waals surface area contributed by atoms with Crippen molar-refractivity contribution in [1.82, 2.24) is 5.32 Å². The van der Waals surface area contributed by atoms with E-state index in [9.17, 15) is 0 Å². The van der Waals surface area contributed by atoms with Gasteiger partial charge < -0.3 is 15.8 Å². The van der Waals surface area contributed by atoms with Crippen LogP contribution in [0.15, 0.2) is 12.1 Å². The number of methoxy groups -OCH3 is 1. The van der Waals surface area contributed by atoms with Gasteiger partial charge in [-0.15, -0.1) is 0 Å². The van der Waals surface area contributed by atoms with Gasteiger partial charge in [-0.1, -0.05) is 23.2 Å². The van der Waals surface area contributed by atoms with Gasteiger partial charge in [-0.05, 0) is 18.7 Å². The van der Waals surface area contributed by atoms with Crippen molar-refractivity contribution in [3.63, 3.8) is 0 Å². The van der Waals surface area contributed by atoms with Crippen LogP contribution in [-0.2, 0) is 0 Å². The molecule has 0 aliphatic heterocycles. The summed E-state index contributed by atoms with van der Waals surface area (Å²) in [6.45, 7) is 0.457. The number of hydrogen-bond acceptors (Lipinski definition) is 3. The molecule has 0 fully saturated rings. The number of ether oxygens (including phenoxy) is 1. The monoisotopic (exact) mass is 248 g/mol. The smallest absolute Gasteiger partial charge is 0.138 e. The molecule has 0 aliphatic carbocycles. The predicted molar refractivity (Wildman–Crippen MR) is 63.9 cm³/mol. The summed E-state index contributed by atoms with van der Waals surface area (Å²) in [5.74, 6) is 0.567. The first-order valence-electron chi connectivity index (χ1n) is 4.54. The van der Waals surface area contributed by atoms with Crippen molar-refractivity contribution < 1.29 is 4.74 Å². The minimum absolute atomic E-state index is 0.000839. The van der Waals surface area contributed by atoms with Gasteiger partial charge in [0.2, 0.25) is 0 Å². The Bertz CT molecular complexity index is 340. The lowest BCUT2D eigenvalue weighted by atomic mass is 10.1. The molecule has 5 heteroatoms. The van der Waals surface area contributed by atoms with Crippen LogP contribution in [0.4, 0.5) is 0 Å². The summed E-state index contributed by atoms with van der Waals surface area (Å²) >= 11 is 12.1. The fourth-order valence-electron chi connectivity index (χ4n) is 1.37. The topological polar surface area (TPSA) is 47.3 Å². The Morgan fingerprint density at radius 1 is 1.40 bits per heavy atom. The average molecular weight is 249 g/mol. The molecule has 3 nitrogen and oxygen atoms in total. The van der Waals surface area contributed by atoms with Crippen LogP contribution in [0.2, 0.25) is 10.0 Å². The van der Waals surface area contributed by atoms with E-state index >= 15 is 0 Å². The zero-order valence-corrected chi connectivity index (χ0v) is 10.2. The molecule has 0 heterocycles. The first kappa shape index (κ1) is 12.6. The van der Waals surface area contributed by atoms with E-state index in [0.717, 1.165) is 5.56 Å². The summed E-state index contributed by atoms with van der Waals surface area (Å²) in [6.07, 6.45) is 0. The van der Waals surface area contributed by atoms with Gasteiger partial charge in [0, 0.05) is 23.7 Å². The molecule has 0 amide bonds. The number of halogens is 2. The van der Waals surface area contributed by atoms with Crippen molar-refractivity contribution in [1.29, 1.82) is 0 Å². The van der Waals surface area contributed by atoms with E-state index in [-0.39, 0.29) is 6.04 Å². The molecule has 1 aromatic carbocycles. The maximum Gasteiger partial charge on any atom is 0.138 e. The molecule has 0 saturated heterocycles. The van der Waals surface area contributed by atoms with Gasteiger partial charge in [0.1, 0.15) is 5.75 Å². The van der Waals surface area contributed by atoms with Crippen LogP contribution >= 0.6 is 23.2 Å². The maximum atomic E-state index is 6.10. The fourth-order valence-corrected chi connectivity index (χ4v) is 1.90. The Balaban J connectivity index is 3.14. The van der Waals surface area contributed by atoms with Crippen LogP contribution in [0.3, 0.4) is 0 Å². The van der Waals surface area contributed by atoms with Gasteiger partial charge in [-0.2, -0.15) is 0 Å². The zero-order valence-electron chi connectivity index (χ0n) is 8.68. The summed E-state index contributed by atoms with van der Waals surface area (Å²) in [6, 6.07) is 3.47. The molecule has 3 N–H and O–H groups in total. The lowest BCUT2D eigenvalue weighted by Crippen LogP contribution is -2.25. The molecule has 1 atom stereocenters. The quantitative estimate of drug-likeness (QED) is 0.860. The first-order chi connectivity index (χ1) is 7.13. The van der Waals surface area contributed by atoms with E-state index in [4.69, 9.17) is 33.7 Å². The number of likely N-dealkylation sites (N-methyl/N-ethyl adjacent to an activating group) is 1. The van der Waals surface area contributed by atoms with E-state index < -0.39 is 0 Å². The third-order valence-electron chi connectivity index (χ3n) is 2.23. The van der Waals surface area contributed by atoms with Gasteiger partial charge in [0.05, 0.1) is 12.1 Å². The molecule has 0 saturated carbocycles. The Hall–Kier alpha value is -0.480. The number of benzene rings is 1. The molecule has 1 unspecified atom stereocenters. The number of nitrogens with one attached hydrogen (secondary N) is 1. The van der Waals surface area contributed by atoms with Crippen LogP contribution < -0.4 is 15.8 Å². The lowest BCUT2D eigenvalue weighted by molar-refractivity contribution is 0.414. The third-order valence-corrected chi connectivity index (χ3v) is 2.85. The second kappa shape index (κ2) is 5.56. The minimum Gasteiger partial charge on any atom is -0.495 e. The molecular weight excluding hydrogens is 235 g/mol. The van der Waals surface area contributed by atoms with E-state index in [1.165, 1.54) is 0 Å². The molecule has 0 aromatic heterocycles. The highest BCUT2D eigenvalue weighted by Crippen LogP contribution is 2.33. The molecule has 0 bridgehead atoms. The average Bonchev–Trinajstić information content (AvgIpc) is 2.24. The van der Waals surface area contributed by atoms with Crippen molar-refractivity contribution in [2.24, 2.45) is 5.73 Å².